The molecule has 1 aliphatic heterocycles. The smallest absolute Gasteiger partial charge is 0.119 e. The second-order valence-electron chi connectivity index (χ2n) is 5.71. The van der Waals surface area contributed by atoms with Gasteiger partial charge in [0, 0.05) is 17.8 Å². The Kier molecular flexibility index (Phi) is 3.99. The first kappa shape index (κ1) is 13.7. The molecule has 0 radical (unpaired) electrons. The van der Waals surface area contributed by atoms with Crippen molar-refractivity contribution in [3.63, 3.8) is 0 Å². The van der Waals surface area contributed by atoms with Gasteiger partial charge in [-0.15, -0.1) is 0 Å². The van der Waals surface area contributed by atoms with Gasteiger partial charge in [-0.3, -0.25) is 0 Å². The fourth-order valence-corrected chi connectivity index (χ4v) is 2.67. The summed E-state index contributed by atoms with van der Waals surface area (Å²) in [7, 11) is 0. The molecule has 3 heteroatoms. The minimum absolute atomic E-state index is 0.112. The second-order valence-corrected chi connectivity index (χ2v) is 5.71. The van der Waals surface area contributed by atoms with Gasteiger partial charge in [0.2, 0.25) is 0 Å². The van der Waals surface area contributed by atoms with Gasteiger partial charge in [0.15, 0.2) is 0 Å². The first-order valence-corrected chi connectivity index (χ1v) is 6.97. The Bertz CT molecular complexity index is 459. The van der Waals surface area contributed by atoms with Crippen molar-refractivity contribution in [2.75, 3.05) is 18.1 Å². The van der Waals surface area contributed by atoms with Crippen molar-refractivity contribution in [2.24, 2.45) is 5.92 Å². The lowest BCUT2D eigenvalue weighted by Gasteiger charge is -2.45. The Morgan fingerprint density at radius 3 is 2.63 bits per heavy atom. The molecule has 1 aromatic rings. The summed E-state index contributed by atoms with van der Waals surface area (Å²) in [5.41, 5.74) is 1.29. The largest absolute Gasteiger partial charge is 0.494 e. The van der Waals surface area contributed by atoms with Crippen LogP contribution in [0.2, 0.25) is 0 Å². The molecular weight excluding hydrogens is 236 g/mol. The molecular formula is C16H22N2O. The van der Waals surface area contributed by atoms with Gasteiger partial charge < -0.3 is 9.64 Å². The maximum Gasteiger partial charge on any atom is 0.119 e. The molecule has 1 heterocycles. The fourth-order valence-electron chi connectivity index (χ4n) is 2.67. The van der Waals surface area contributed by atoms with Crippen LogP contribution in [0.3, 0.4) is 0 Å². The quantitative estimate of drug-likeness (QED) is 0.831. The summed E-state index contributed by atoms with van der Waals surface area (Å²) in [6.45, 7) is 7.98. The first-order valence-electron chi connectivity index (χ1n) is 6.97. The highest BCUT2D eigenvalue weighted by Gasteiger charge is 2.34. The minimum atomic E-state index is 0.112. The monoisotopic (exact) mass is 258 g/mol. The van der Waals surface area contributed by atoms with E-state index in [-0.39, 0.29) is 11.5 Å². The summed E-state index contributed by atoms with van der Waals surface area (Å²) < 4.78 is 5.47. The van der Waals surface area contributed by atoms with E-state index in [1.165, 1.54) is 5.69 Å². The molecule has 0 N–H and O–H groups in total. The topological polar surface area (TPSA) is 36.3 Å². The van der Waals surface area contributed by atoms with Gasteiger partial charge in [-0.1, -0.05) is 0 Å². The van der Waals surface area contributed by atoms with E-state index in [2.05, 4.69) is 36.9 Å². The minimum Gasteiger partial charge on any atom is -0.494 e. The Hall–Kier alpha value is -1.69. The zero-order valence-corrected chi connectivity index (χ0v) is 12.0. The molecule has 0 bridgehead atoms. The van der Waals surface area contributed by atoms with Gasteiger partial charge in [-0.05, 0) is 57.9 Å². The van der Waals surface area contributed by atoms with E-state index in [0.29, 0.717) is 6.61 Å². The molecule has 1 aromatic carbocycles. The van der Waals surface area contributed by atoms with Gasteiger partial charge in [0.25, 0.3) is 0 Å². The Morgan fingerprint density at radius 1 is 1.37 bits per heavy atom. The predicted molar refractivity (Wildman–Crippen MR) is 77.4 cm³/mol. The highest BCUT2D eigenvalue weighted by atomic mass is 16.5. The van der Waals surface area contributed by atoms with E-state index in [1.54, 1.807) is 0 Å². The number of nitrogens with zero attached hydrogens (tertiary/aromatic N) is 2. The summed E-state index contributed by atoms with van der Waals surface area (Å²) >= 11 is 0. The van der Waals surface area contributed by atoms with Gasteiger partial charge in [-0.2, -0.15) is 5.26 Å². The standard InChI is InChI=1S/C16H22N2O/c1-4-19-15-7-5-14(6-8-15)18-12-13(11-17)9-10-16(18,2)3/h5-8,13H,4,9-10,12H2,1-3H3. The summed E-state index contributed by atoms with van der Waals surface area (Å²) in [5, 5.41) is 9.14. The fraction of sp³-hybridized carbons (Fsp3) is 0.562. The molecule has 1 aliphatic rings. The number of benzene rings is 1. The SMILES string of the molecule is CCOc1ccc(N2CC(C#N)CCC2(C)C)cc1. The molecule has 0 amide bonds. The van der Waals surface area contributed by atoms with Crippen molar-refractivity contribution in [3.8, 4) is 11.8 Å². The molecule has 2 rings (SSSR count). The lowest BCUT2D eigenvalue weighted by atomic mass is 9.85. The highest BCUT2D eigenvalue weighted by molar-refractivity contribution is 5.52. The van der Waals surface area contributed by atoms with Gasteiger partial charge >= 0.3 is 0 Å². The lowest BCUT2D eigenvalue weighted by Crippen LogP contribution is -2.50. The molecule has 102 valence electrons. The van der Waals surface area contributed by atoms with Crippen LogP contribution in [0, 0.1) is 17.2 Å². The van der Waals surface area contributed by atoms with Crippen molar-refractivity contribution in [1.29, 1.82) is 5.26 Å². The molecule has 0 aliphatic carbocycles. The summed E-state index contributed by atoms with van der Waals surface area (Å²) in [6, 6.07) is 10.6. The maximum atomic E-state index is 9.14. The molecule has 3 nitrogen and oxygen atoms in total. The number of rotatable bonds is 3. The van der Waals surface area contributed by atoms with Crippen molar-refractivity contribution >= 4 is 5.69 Å². The number of nitriles is 1. The first-order chi connectivity index (χ1) is 9.06. The van der Waals surface area contributed by atoms with E-state index in [9.17, 15) is 0 Å². The number of piperidine rings is 1. The van der Waals surface area contributed by atoms with Crippen LogP contribution in [0.4, 0.5) is 5.69 Å². The number of anilines is 1. The molecule has 0 aromatic heterocycles. The van der Waals surface area contributed by atoms with Crippen molar-refractivity contribution in [2.45, 2.75) is 39.2 Å². The molecule has 1 atom stereocenters. The van der Waals surface area contributed by atoms with E-state index >= 15 is 0 Å². The van der Waals surface area contributed by atoms with Gasteiger partial charge in [0.1, 0.15) is 5.75 Å². The van der Waals surface area contributed by atoms with Crippen LogP contribution < -0.4 is 9.64 Å². The maximum absolute atomic E-state index is 9.14. The van der Waals surface area contributed by atoms with E-state index in [1.807, 2.05) is 19.1 Å². The summed E-state index contributed by atoms with van der Waals surface area (Å²) in [4.78, 5) is 2.35. The normalized spacial score (nSPS) is 21.8. The Balaban J connectivity index is 2.20. The molecule has 1 unspecified atom stereocenters. The van der Waals surface area contributed by atoms with Crippen LogP contribution in [-0.4, -0.2) is 18.7 Å². The number of ether oxygens (including phenoxy) is 1. The number of hydrogen-bond acceptors (Lipinski definition) is 3. The van der Waals surface area contributed by atoms with E-state index in [0.717, 1.165) is 25.1 Å². The second kappa shape index (κ2) is 5.52. The molecule has 0 spiro atoms. The predicted octanol–water partition coefficient (Wildman–Crippen LogP) is 3.60. The highest BCUT2D eigenvalue weighted by Crippen LogP contribution is 2.35. The molecule has 0 saturated carbocycles. The van der Waals surface area contributed by atoms with E-state index < -0.39 is 0 Å². The third-order valence-corrected chi connectivity index (χ3v) is 3.88. The van der Waals surface area contributed by atoms with Crippen LogP contribution >= 0.6 is 0 Å². The third kappa shape index (κ3) is 3.01. The van der Waals surface area contributed by atoms with Crippen LogP contribution in [0.1, 0.15) is 33.6 Å². The van der Waals surface area contributed by atoms with Crippen molar-refractivity contribution < 1.29 is 4.74 Å². The van der Waals surface area contributed by atoms with Crippen LogP contribution in [0.25, 0.3) is 0 Å². The van der Waals surface area contributed by atoms with Gasteiger partial charge in [-0.25, -0.2) is 0 Å². The number of hydrogen-bond donors (Lipinski definition) is 0. The summed E-state index contributed by atoms with van der Waals surface area (Å²) in [5.74, 6) is 1.04. The molecule has 19 heavy (non-hydrogen) atoms. The Morgan fingerprint density at radius 2 is 2.05 bits per heavy atom. The zero-order valence-electron chi connectivity index (χ0n) is 12.0. The molecule has 1 saturated heterocycles. The summed E-state index contributed by atoms with van der Waals surface area (Å²) in [6.07, 6.45) is 2.05. The van der Waals surface area contributed by atoms with Crippen molar-refractivity contribution in [1.82, 2.24) is 0 Å². The van der Waals surface area contributed by atoms with Crippen LogP contribution in [-0.2, 0) is 0 Å². The lowest BCUT2D eigenvalue weighted by molar-refractivity contribution is 0.324. The van der Waals surface area contributed by atoms with Gasteiger partial charge in [0.05, 0.1) is 18.6 Å². The third-order valence-electron chi connectivity index (χ3n) is 3.88. The zero-order chi connectivity index (χ0) is 13.9. The van der Waals surface area contributed by atoms with Crippen LogP contribution in [0.5, 0.6) is 5.75 Å². The Labute approximate surface area is 115 Å². The van der Waals surface area contributed by atoms with E-state index in [4.69, 9.17) is 10.00 Å². The average Bonchev–Trinajstić information content (AvgIpc) is 2.40. The molecule has 1 fully saturated rings. The average molecular weight is 258 g/mol. The van der Waals surface area contributed by atoms with Crippen molar-refractivity contribution in [3.05, 3.63) is 24.3 Å². The van der Waals surface area contributed by atoms with Crippen LogP contribution in [0.15, 0.2) is 24.3 Å².